The Bertz CT molecular complexity index is 1920. The molecule has 0 bridgehead atoms. The van der Waals surface area contributed by atoms with Crippen LogP contribution in [0, 0.1) is 0 Å². The number of nitrogen functional groups attached to an aromatic ring is 2. The third-order valence-electron chi connectivity index (χ3n) is 6.92. The topological polar surface area (TPSA) is 284 Å². The Kier molecular flexibility index (Phi) is 8.84. The third-order valence-corrected chi connectivity index (χ3v) is 10.5. The van der Waals surface area contributed by atoms with Crippen LogP contribution in [0.5, 0.6) is 0 Å². The van der Waals surface area contributed by atoms with E-state index in [0.717, 1.165) is 24.4 Å². The molecule has 0 saturated carbocycles. The van der Waals surface area contributed by atoms with E-state index in [1.54, 1.807) is 0 Å². The summed E-state index contributed by atoms with van der Waals surface area (Å²) < 4.78 is 94.0. The standard InChI is InChI=1S/C19H22F3N11O9P2S2/c20-7-6(1-34)46-16(32-4-27-9-14(32)28-18(24)29-15(9)35)10(7)42-44(38,45)39-2-5-11(41-43(36)37)19(21,22)17(40-5)33-13-8(30-31-33)12(23)25-3-26-13/h3-7,10-11,16-17,34,43H,1-2H2,(H,36,37)(H,38,45)(H2,23,25,26)(H3,24,28,29,35)/t5-,6-,7+,10-,11-,16-,17-,44?/m1/s1. The van der Waals surface area contributed by atoms with Gasteiger partial charge in [-0.1, -0.05) is 17.5 Å². The second-order valence-electron chi connectivity index (χ2n) is 9.77. The fraction of sp³-hybridized carbons (Fsp3) is 0.526. The van der Waals surface area contributed by atoms with Crippen molar-refractivity contribution < 1.29 is 50.6 Å². The summed E-state index contributed by atoms with van der Waals surface area (Å²) in [7, 11) is -4.00. The molecule has 0 spiro atoms. The smallest absolute Gasteiger partial charge is 0.386 e. The number of nitrogens with one attached hydrogen (secondary N) is 1. The fourth-order valence-corrected chi connectivity index (χ4v) is 8.39. The van der Waals surface area contributed by atoms with Crippen molar-refractivity contribution in [2.75, 3.05) is 24.7 Å². The molecule has 6 heterocycles. The van der Waals surface area contributed by atoms with Gasteiger partial charge < -0.3 is 26.2 Å². The molecule has 46 heavy (non-hydrogen) atoms. The summed E-state index contributed by atoms with van der Waals surface area (Å²) in [6.45, 7) is -6.40. The van der Waals surface area contributed by atoms with Crippen molar-refractivity contribution in [2.45, 2.75) is 47.3 Å². The number of H-pyrrole nitrogens is 1. The molecule has 7 N–H and O–H groups in total. The van der Waals surface area contributed by atoms with Crippen LogP contribution < -0.4 is 17.0 Å². The Labute approximate surface area is 263 Å². The molecule has 250 valence electrons. The lowest BCUT2D eigenvalue weighted by molar-refractivity contribution is -0.138. The van der Waals surface area contributed by atoms with Crippen LogP contribution in [0.1, 0.15) is 11.6 Å². The van der Waals surface area contributed by atoms with Crippen molar-refractivity contribution in [1.29, 1.82) is 0 Å². The third kappa shape index (κ3) is 5.88. The van der Waals surface area contributed by atoms with Gasteiger partial charge in [0.25, 0.3) is 5.56 Å². The Morgan fingerprint density at radius 1 is 1.26 bits per heavy atom. The minimum Gasteiger partial charge on any atom is -0.395 e. The van der Waals surface area contributed by atoms with Gasteiger partial charge in [0.2, 0.25) is 12.2 Å². The molecule has 2 aliphatic rings. The number of nitrogens with zero attached hydrogens (tertiary/aromatic N) is 8. The summed E-state index contributed by atoms with van der Waals surface area (Å²) in [4.78, 5) is 39.3. The first-order chi connectivity index (χ1) is 21.7. The van der Waals surface area contributed by atoms with Crippen molar-refractivity contribution in [1.82, 2.24) is 44.5 Å². The summed E-state index contributed by atoms with van der Waals surface area (Å²) in [5.74, 6) is -4.53. The minimum atomic E-state index is -4.69. The number of alkyl halides is 3. The van der Waals surface area contributed by atoms with Crippen molar-refractivity contribution in [3.63, 3.8) is 0 Å². The van der Waals surface area contributed by atoms with E-state index in [-0.39, 0.29) is 34.1 Å². The lowest BCUT2D eigenvalue weighted by Gasteiger charge is -2.26. The van der Waals surface area contributed by atoms with Gasteiger partial charge in [0, 0.05) is 0 Å². The number of aliphatic hydroxyl groups is 1. The zero-order valence-electron chi connectivity index (χ0n) is 22.5. The van der Waals surface area contributed by atoms with E-state index in [1.165, 1.54) is 4.57 Å². The van der Waals surface area contributed by atoms with Crippen molar-refractivity contribution >= 4 is 73.2 Å². The summed E-state index contributed by atoms with van der Waals surface area (Å²) in [5, 5.41) is 14.7. The number of imidazole rings is 1. The molecule has 27 heteroatoms. The van der Waals surface area contributed by atoms with Crippen LogP contribution in [-0.2, 0) is 27.4 Å². The van der Waals surface area contributed by atoms with Gasteiger partial charge in [-0.3, -0.25) is 32.5 Å². The Morgan fingerprint density at radius 3 is 2.74 bits per heavy atom. The first kappa shape index (κ1) is 33.1. The Balaban J connectivity index is 1.24. The molecule has 20 nitrogen and oxygen atoms in total. The van der Waals surface area contributed by atoms with Crippen LogP contribution in [0.4, 0.5) is 24.9 Å². The average Bonchev–Trinajstić information content (AvgIpc) is 3.72. The Hall–Kier alpha value is -2.86. The predicted octanol–water partition coefficient (Wildman–Crippen LogP) is 0.203. The number of fused-ring (bicyclic) bond motifs is 2. The van der Waals surface area contributed by atoms with E-state index in [9.17, 15) is 23.9 Å². The number of aliphatic hydroxyl groups excluding tert-OH is 1. The van der Waals surface area contributed by atoms with E-state index in [4.69, 9.17) is 25.3 Å². The minimum absolute atomic E-state index is 0.0763. The zero-order valence-corrected chi connectivity index (χ0v) is 26.1. The summed E-state index contributed by atoms with van der Waals surface area (Å²) >= 11 is 4.71. The number of halogens is 3. The molecule has 9 atom stereocenters. The van der Waals surface area contributed by atoms with Crippen LogP contribution in [0.25, 0.3) is 22.3 Å². The first-order valence-corrected chi connectivity index (χ1v) is 17.6. The van der Waals surface area contributed by atoms with Crippen LogP contribution in [0.2, 0.25) is 0 Å². The van der Waals surface area contributed by atoms with Gasteiger partial charge in [-0.25, -0.2) is 23.9 Å². The molecule has 6 rings (SSSR count). The van der Waals surface area contributed by atoms with Crippen molar-refractivity contribution in [2.24, 2.45) is 0 Å². The lowest BCUT2D eigenvalue weighted by atomic mass is 10.1. The van der Waals surface area contributed by atoms with E-state index in [1.807, 2.05) is 0 Å². The second kappa shape index (κ2) is 12.3. The lowest BCUT2D eigenvalue weighted by Crippen LogP contribution is -2.41. The summed E-state index contributed by atoms with van der Waals surface area (Å²) in [6, 6.07) is 0. The summed E-state index contributed by atoms with van der Waals surface area (Å²) in [6.07, 6.45) is -8.28. The van der Waals surface area contributed by atoms with E-state index >= 15 is 13.2 Å². The highest BCUT2D eigenvalue weighted by Crippen LogP contribution is 2.60. The van der Waals surface area contributed by atoms with E-state index in [0.29, 0.717) is 4.68 Å². The number of hydrogen-bond acceptors (Lipinski definition) is 17. The molecule has 0 radical (unpaired) electrons. The molecular weight excluding hydrogens is 709 g/mol. The van der Waals surface area contributed by atoms with E-state index in [2.05, 4.69) is 52.0 Å². The number of thioether (sulfide) groups is 1. The molecule has 0 aliphatic carbocycles. The normalized spacial score (nSPS) is 29.8. The van der Waals surface area contributed by atoms with Gasteiger partial charge in [-0.15, -0.1) is 16.9 Å². The number of hydrogen-bond donors (Lipinski definition) is 6. The molecule has 4 aromatic rings. The number of rotatable bonds is 10. The van der Waals surface area contributed by atoms with Crippen molar-refractivity contribution in [3.05, 3.63) is 23.0 Å². The number of anilines is 2. The summed E-state index contributed by atoms with van der Waals surface area (Å²) in [5.41, 5.74) is 10.0. The average molecular weight is 732 g/mol. The second-order valence-corrected chi connectivity index (χ2v) is 14.8. The van der Waals surface area contributed by atoms with Crippen LogP contribution in [-0.4, -0.2) is 103 Å². The SMILES string of the molecule is Nc1nc2c(ncn2[C@@H]2S[C@H](CO)[C@H](F)[C@H]2OP(=O)(S)OC[C@H]2O[C@@H](n3nnc4c(N)ncnc43)C(F)(F)[C@@H]2O[PH](=O)O)c(=O)[nH]1. The molecule has 2 unspecified atom stereocenters. The number of nitrogens with two attached hydrogens (primary N) is 2. The first-order valence-electron chi connectivity index (χ1n) is 12.7. The predicted molar refractivity (Wildman–Crippen MR) is 155 cm³/mol. The number of thiol groups is 1. The molecular formula is C19H22F3N11O9P2S2. The number of aromatic nitrogens is 9. The van der Waals surface area contributed by atoms with Crippen LogP contribution in [0.15, 0.2) is 17.4 Å². The van der Waals surface area contributed by atoms with Gasteiger partial charge in [0.1, 0.15) is 30.1 Å². The van der Waals surface area contributed by atoms with Crippen LogP contribution in [0.3, 0.4) is 0 Å². The maximum Gasteiger partial charge on any atom is 0.386 e. The van der Waals surface area contributed by atoms with Gasteiger partial charge >= 0.3 is 21.0 Å². The molecule has 2 fully saturated rings. The molecule has 2 saturated heterocycles. The highest BCUT2D eigenvalue weighted by molar-refractivity contribution is 8.44. The quantitative estimate of drug-likeness (QED) is 0.0938. The highest BCUT2D eigenvalue weighted by atomic mass is 32.7. The molecule has 4 aromatic heterocycles. The van der Waals surface area contributed by atoms with Crippen molar-refractivity contribution in [3.8, 4) is 0 Å². The fourth-order valence-electron chi connectivity index (χ4n) is 4.93. The number of ether oxygens (including phenoxy) is 1. The maximum absolute atomic E-state index is 15.6. The molecule has 2 aliphatic heterocycles. The highest BCUT2D eigenvalue weighted by Gasteiger charge is 2.63. The largest absolute Gasteiger partial charge is 0.395 e. The van der Waals surface area contributed by atoms with Crippen LogP contribution >= 0.6 is 39.1 Å². The maximum atomic E-state index is 15.6. The van der Waals surface area contributed by atoms with Gasteiger partial charge in [0.05, 0.1) is 24.8 Å². The Morgan fingerprint density at radius 2 is 2.02 bits per heavy atom. The zero-order chi connectivity index (χ0) is 33.1. The molecule has 0 amide bonds. The van der Waals surface area contributed by atoms with Gasteiger partial charge in [0.15, 0.2) is 34.2 Å². The van der Waals surface area contributed by atoms with Gasteiger partial charge in [-0.05, 0) is 0 Å². The van der Waals surface area contributed by atoms with E-state index < -0.39 is 81.1 Å². The van der Waals surface area contributed by atoms with Gasteiger partial charge in [-0.2, -0.15) is 18.4 Å². The molecule has 0 aromatic carbocycles. The monoisotopic (exact) mass is 731 g/mol. The number of aromatic amines is 1.